The van der Waals surface area contributed by atoms with Gasteiger partial charge < -0.3 is 4.42 Å². The van der Waals surface area contributed by atoms with Crippen LogP contribution in [-0.2, 0) is 4.79 Å². The van der Waals surface area contributed by atoms with Crippen molar-refractivity contribution in [3.05, 3.63) is 5.89 Å². The lowest BCUT2D eigenvalue weighted by Gasteiger charge is -2.10. The number of aromatic nitrogens is 6. The van der Waals surface area contributed by atoms with Gasteiger partial charge in [0.15, 0.2) is 0 Å². The first-order chi connectivity index (χ1) is 11.3. The molecule has 2 saturated carbocycles. The first-order valence-electron chi connectivity index (χ1n) is 7.83. The largest absolute Gasteiger partial charge is 0.408 e. The highest BCUT2D eigenvalue weighted by atomic mass is 32.2. The van der Waals surface area contributed by atoms with E-state index < -0.39 is 0 Å². The molecule has 4 rings (SSSR count). The van der Waals surface area contributed by atoms with Gasteiger partial charge in [-0.3, -0.25) is 10.1 Å². The summed E-state index contributed by atoms with van der Waals surface area (Å²) in [5.74, 6) is 0.979. The van der Waals surface area contributed by atoms with Crippen molar-refractivity contribution in [3.8, 4) is 0 Å². The normalized spacial score (nSPS) is 18.4. The molecule has 0 aromatic carbocycles. The number of rotatable bonds is 6. The van der Waals surface area contributed by atoms with Gasteiger partial charge in [0.2, 0.25) is 17.0 Å². The molecule has 0 saturated heterocycles. The molecule has 0 aliphatic heterocycles. The molecule has 2 aromatic heterocycles. The van der Waals surface area contributed by atoms with E-state index in [2.05, 4.69) is 31.0 Å². The van der Waals surface area contributed by atoms with Crippen LogP contribution in [-0.4, -0.2) is 42.1 Å². The van der Waals surface area contributed by atoms with Crippen molar-refractivity contribution in [1.29, 1.82) is 0 Å². The van der Waals surface area contributed by atoms with Gasteiger partial charge in [-0.1, -0.05) is 29.7 Å². The van der Waals surface area contributed by atoms with E-state index >= 15 is 0 Å². The summed E-state index contributed by atoms with van der Waals surface area (Å²) < 4.78 is 7.25. The van der Waals surface area contributed by atoms with Crippen molar-refractivity contribution in [2.75, 3.05) is 11.1 Å². The van der Waals surface area contributed by atoms with Gasteiger partial charge in [0, 0.05) is 5.92 Å². The zero-order valence-electron chi connectivity index (χ0n) is 12.5. The summed E-state index contributed by atoms with van der Waals surface area (Å²) in [6.07, 6.45) is 6.75. The van der Waals surface area contributed by atoms with Crippen LogP contribution in [0.1, 0.15) is 56.4 Å². The second-order valence-corrected chi connectivity index (χ2v) is 6.84. The topological polar surface area (TPSA) is 112 Å². The molecule has 0 unspecified atom stereocenters. The average molecular weight is 335 g/mol. The van der Waals surface area contributed by atoms with Crippen molar-refractivity contribution < 1.29 is 9.21 Å². The minimum absolute atomic E-state index is 0.160. The molecule has 0 bridgehead atoms. The Morgan fingerprint density at radius 2 is 2.04 bits per heavy atom. The van der Waals surface area contributed by atoms with E-state index in [0.29, 0.717) is 23.0 Å². The Labute approximate surface area is 136 Å². The summed E-state index contributed by atoms with van der Waals surface area (Å²) in [5.41, 5.74) is 0. The van der Waals surface area contributed by atoms with Crippen LogP contribution in [0.4, 0.5) is 6.01 Å². The van der Waals surface area contributed by atoms with Crippen LogP contribution in [0.3, 0.4) is 0 Å². The Hall–Kier alpha value is -1.97. The summed E-state index contributed by atoms with van der Waals surface area (Å²) in [6.45, 7) is 0. The van der Waals surface area contributed by atoms with Crippen molar-refractivity contribution >= 4 is 23.7 Å². The van der Waals surface area contributed by atoms with Crippen molar-refractivity contribution in [1.82, 2.24) is 30.4 Å². The molecule has 0 atom stereocenters. The number of hydrogen-bond acceptors (Lipinski definition) is 8. The van der Waals surface area contributed by atoms with Crippen LogP contribution < -0.4 is 5.32 Å². The number of nitrogens with zero attached hydrogens (tertiary/aromatic N) is 6. The van der Waals surface area contributed by atoms with Gasteiger partial charge in [-0.15, -0.1) is 10.2 Å². The Kier molecular flexibility index (Phi) is 3.98. The van der Waals surface area contributed by atoms with Crippen LogP contribution in [0.15, 0.2) is 9.57 Å². The first-order valence-corrected chi connectivity index (χ1v) is 8.82. The molecular weight excluding hydrogens is 318 g/mol. The Balaban J connectivity index is 1.31. The summed E-state index contributed by atoms with van der Waals surface area (Å²) in [6, 6.07) is 0.514. The monoisotopic (exact) mass is 335 g/mol. The third-order valence-electron chi connectivity index (χ3n) is 4.08. The summed E-state index contributed by atoms with van der Waals surface area (Å²) >= 11 is 1.32. The minimum atomic E-state index is -0.207. The Morgan fingerprint density at radius 1 is 1.22 bits per heavy atom. The molecule has 1 amide bonds. The predicted molar refractivity (Wildman–Crippen MR) is 80.9 cm³/mol. The second kappa shape index (κ2) is 6.26. The molecule has 2 aliphatic carbocycles. The highest BCUT2D eigenvalue weighted by Crippen LogP contribution is 2.39. The number of carbonyl (C=O) groups excluding carboxylic acids is 1. The van der Waals surface area contributed by atoms with Crippen LogP contribution >= 0.6 is 11.8 Å². The number of amides is 1. The van der Waals surface area contributed by atoms with Gasteiger partial charge >= 0.3 is 6.01 Å². The lowest BCUT2D eigenvalue weighted by atomic mass is 10.3. The fraction of sp³-hybridized carbons (Fsp3) is 0.692. The third-order valence-corrected chi connectivity index (χ3v) is 5.01. The van der Waals surface area contributed by atoms with Gasteiger partial charge in [-0.05, 0) is 36.1 Å². The zero-order chi connectivity index (χ0) is 15.6. The maximum absolute atomic E-state index is 12.0. The quantitative estimate of drug-likeness (QED) is 0.795. The van der Waals surface area contributed by atoms with Crippen molar-refractivity contribution in [3.63, 3.8) is 0 Å². The zero-order valence-corrected chi connectivity index (χ0v) is 13.3. The van der Waals surface area contributed by atoms with Gasteiger partial charge in [0.05, 0.1) is 11.8 Å². The smallest absolute Gasteiger partial charge is 0.322 e. The van der Waals surface area contributed by atoms with Crippen molar-refractivity contribution in [2.45, 2.75) is 55.6 Å². The number of thioether (sulfide) groups is 1. The number of anilines is 1. The van der Waals surface area contributed by atoms with Crippen LogP contribution in [0.2, 0.25) is 0 Å². The molecule has 0 radical (unpaired) electrons. The molecule has 10 heteroatoms. The molecule has 9 nitrogen and oxygen atoms in total. The molecular formula is C13H17N7O2S. The van der Waals surface area contributed by atoms with E-state index in [1.165, 1.54) is 24.6 Å². The molecule has 2 aliphatic rings. The fourth-order valence-electron chi connectivity index (χ4n) is 2.72. The van der Waals surface area contributed by atoms with E-state index in [1.54, 1.807) is 0 Å². The molecule has 2 fully saturated rings. The lowest BCUT2D eigenvalue weighted by molar-refractivity contribution is -0.113. The van der Waals surface area contributed by atoms with Crippen molar-refractivity contribution in [2.24, 2.45) is 0 Å². The van der Waals surface area contributed by atoms with Gasteiger partial charge in [0.1, 0.15) is 0 Å². The Morgan fingerprint density at radius 3 is 2.83 bits per heavy atom. The number of carbonyl (C=O) groups is 1. The minimum Gasteiger partial charge on any atom is -0.408 e. The number of tetrazole rings is 1. The molecule has 2 aromatic rings. The molecule has 0 spiro atoms. The van der Waals surface area contributed by atoms with Crippen LogP contribution in [0.25, 0.3) is 0 Å². The molecule has 122 valence electrons. The summed E-state index contributed by atoms with van der Waals surface area (Å²) in [4.78, 5) is 12.0. The summed E-state index contributed by atoms with van der Waals surface area (Å²) in [5, 5.41) is 22.9. The Bertz CT molecular complexity index is 690. The average Bonchev–Trinajstić information content (AvgIpc) is 2.99. The van der Waals surface area contributed by atoms with Gasteiger partial charge in [-0.25, -0.2) is 4.68 Å². The van der Waals surface area contributed by atoms with E-state index in [9.17, 15) is 4.79 Å². The molecule has 1 N–H and O–H groups in total. The van der Waals surface area contributed by atoms with Crippen LogP contribution in [0.5, 0.6) is 0 Å². The van der Waals surface area contributed by atoms with E-state index in [1.807, 2.05) is 4.68 Å². The van der Waals surface area contributed by atoms with E-state index in [4.69, 9.17) is 4.42 Å². The second-order valence-electron chi connectivity index (χ2n) is 5.90. The highest BCUT2D eigenvalue weighted by Gasteiger charge is 2.29. The standard InChI is InChI=1S/C13H17N7O2S/c21-10(14-12-16-15-11(22-12)8-5-6-8)7-23-13-17-18-19-20(13)9-3-1-2-4-9/h8-9H,1-7H2,(H,14,16,21). The third kappa shape index (κ3) is 3.36. The highest BCUT2D eigenvalue weighted by molar-refractivity contribution is 7.99. The van der Waals surface area contributed by atoms with Crippen LogP contribution in [0, 0.1) is 0 Å². The maximum Gasteiger partial charge on any atom is 0.322 e. The SMILES string of the molecule is O=C(CSc1nnnn1C1CCCC1)Nc1nnc(C2CC2)o1. The fourth-order valence-corrected chi connectivity index (χ4v) is 3.47. The van der Waals surface area contributed by atoms with E-state index in [-0.39, 0.29) is 17.7 Å². The lowest BCUT2D eigenvalue weighted by Crippen LogP contribution is -2.15. The molecule has 2 heterocycles. The maximum atomic E-state index is 12.0. The number of nitrogens with one attached hydrogen (secondary N) is 1. The number of hydrogen-bond donors (Lipinski definition) is 1. The van der Waals surface area contributed by atoms with E-state index in [0.717, 1.165) is 25.7 Å². The molecule has 23 heavy (non-hydrogen) atoms. The van der Waals surface area contributed by atoms with Gasteiger partial charge in [-0.2, -0.15) is 0 Å². The summed E-state index contributed by atoms with van der Waals surface area (Å²) in [7, 11) is 0. The van der Waals surface area contributed by atoms with Gasteiger partial charge in [0.25, 0.3) is 0 Å². The first kappa shape index (κ1) is 14.6. The predicted octanol–water partition coefficient (Wildman–Crippen LogP) is 1.78.